The van der Waals surface area contributed by atoms with E-state index >= 15 is 0 Å². The van der Waals surface area contributed by atoms with Crippen molar-refractivity contribution in [3.63, 3.8) is 0 Å². The number of hydrogen-bond acceptors (Lipinski definition) is 4. The van der Waals surface area contributed by atoms with E-state index in [1.807, 2.05) is 13.8 Å². The van der Waals surface area contributed by atoms with Gasteiger partial charge in [-0.25, -0.2) is 0 Å². The van der Waals surface area contributed by atoms with Gasteiger partial charge in [-0.2, -0.15) is 0 Å². The summed E-state index contributed by atoms with van der Waals surface area (Å²) >= 11 is 3.44. The minimum Gasteiger partial charge on any atom is -0.493 e. The van der Waals surface area contributed by atoms with Crippen molar-refractivity contribution in [2.75, 3.05) is 20.8 Å². The van der Waals surface area contributed by atoms with E-state index in [1.54, 1.807) is 26.4 Å². The zero-order chi connectivity index (χ0) is 13.7. The van der Waals surface area contributed by atoms with E-state index in [-0.39, 0.29) is 0 Å². The summed E-state index contributed by atoms with van der Waals surface area (Å²) in [6.07, 6.45) is -0.596. The Morgan fingerprint density at radius 1 is 1.22 bits per heavy atom. The van der Waals surface area contributed by atoms with Crippen molar-refractivity contribution in [2.24, 2.45) is 0 Å². The highest BCUT2D eigenvalue weighted by atomic mass is 79.9. The van der Waals surface area contributed by atoms with Crippen molar-refractivity contribution in [1.82, 2.24) is 5.32 Å². The Hall–Kier alpha value is -0.780. The van der Waals surface area contributed by atoms with Gasteiger partial charge in [0.1, 0.15) is 0 Å². The second kappa shape index (κ2) is 6.97. The van der Waals surface area contributed by atoms with Crippen molar-refractivity contribution in [1.29, 1.82) is 0 Å². The average molecular weight is 318 g/mol. The summed E-state index contributed by atoms with van der Waals surface area (Å²) in [7, 11) is 3.16. The fourth-order valence-electron chi connectivity index (χ4n) is 1.58. The molecular formula is C13H20BrNO3. The average Bonchev–Trinajstić information content (AvgIpc) is 2.35. The molecule has 0 heterocycles. The normalized spacial score (nSPS) is 12.6. The van der Waals surface area contributed by atoms with Gasteiger partial charge >= 0.3 is 0 Å². The molecular weight excluding hydrogens is 298 g/mol. The number of aliphatic hydroxyl groups excluding tert-OH is 1. The van der Waals surface area contributed by atoms with E-state index in [0.29, 0.717) is 24.1 Å². The van der Waals surface area contributed by atoms with Crippen LogP contribution < -0.4 is 14.8 Å². The fourth-order valence-corrected chi connectivity index (χ4v) is 2.17. The summed E-state index contributed by atoms with van der Waals surface area (Å²) < 4.78 is 11.2. The summed E-state index contributed by atoms with van der Waals surface area (Å²) in [6, 6.07) is 3.92. The lowest BCUT2D eigenvalue weighted by molar-refractivity contribution is 0.170. The van der Waals surface area contributed by atoms with Crippen LogP contribution in [0.2, 0.25) is 0 Å². The van der Waals surface area contributed by atoms with Gasteiger partial charge in [0, 0.05) is 17.1 Å². The van der Waals surface area contributed by atoms with Gasteiger partial charge in [-0.15, -0.1) is 0 Å². The van der Waals surface area contributed by atoms with E-state index in [0.717, 1.165) is 10.0 Å². The lowest BCUT2D eigenvalue weighted by atomic mass is 10.1. The zero-order valence-corrected chi connectivity index (χ0v) is 12.7. The minimum absolute atomic E-state index is 0.332. The standard InChI is InChI=1S/C13H20BrNO3/c1-8(2)15-7-11(16)9-5-12(17-3)13(18-4)6-10(9)14/h5-6,8,11,15-16H,7H2,1-4H3. The van der Waals surface area contributed by atoms with Gasteiger partial charge in [-0.3, -0.25) is 0 Å². The second-order valence-electron chi connectivity index (χ2n) is 4.31. The Morgan fingerprint density at radius 2 is 1.78 bits per heavy atom. The molecule has 0 aliphatic heterocycles. The van der Waals surface area contributed by atoms with Gasteiger partial charge in [-0.1, -0.05) is 29.8 Å². The predicted molar refractivity (Wildman–Crippen MR) is 75.3 cm³/mol. The van der Waals surface area contributed by atoms with Crippen LogP contribution in [0.25, 0.3) is 0 Å². The SMILES string of the molecule is COc1cc(Br)c(C(O)CNC(C)C)cc1OC. The molecule has 18 heavy (non-hydrogen) atoms. The third-order valence-corrected chi connectivity index (χ3v) is 3.27. The lowest BCUT2D eigenvalue weighted by Crippen LogP contribution is -2.28. The molecule has 0 aromatic heterocycles. The third-order valence-electron chi connectivity index (χ3n) is 2.58. The molecule has 4 nitrogen and oxygen atoms in total. The number of nitrogens with one attached hydrogen (secondary N) is 1. The van der Waals surface area contributed by atoms with Crippen LogP contribution in [-0.2, 0) is 0 Å². The quantitative estimate of drug-likeness (QED) is 0.846. The van der Waals surface area contributed by atoms with Gasteiger partial charge in [0.15, 0.2) is 11.5 Å². The molecule has 1 aromatic rings. The molecule has 1 rings (SSSR count). The Kier molecular flexibility index (Phi) is 5.91. The Labute approximate surface area is 116 Å². The monoisotopic (exact) mass is 317 g/mol. The van der Waals surface area contributed by atoms with Gasteiger partial charge in [0.2, 0.25) is 0 Å². The van der Waals surface area contributed by atoms with Crippen LogP contribution in [0.1, 0.15) is 25.5 Å². The molecule has 0 spiro atoms. The molecule has 2 N–H and O–H groups in total. The molecule has 0 amide bonds. The first-order valence-electron chi connectivity index (χ1n) is 5.82. The van der Waals surface area contributed by atoms with Crippen molar-refractivity contribution in [2.45, 2.75) is 26.0 Å². The number of aliphatic hydroxyl groups is 1. The van der Waals surface area contributed by atoms with E-state index in [2.05, 4.69) is 21.2 Å². The largest absolute Gasteiger partial charge is 0.493 e. The summed E-state index contributed by atoms with van der Waals surface area (Å²) in [4.78, 5) is 0. The van der Waals surface area contributed by atoms with Crippen molar-refractivity contribution in [3.8, 4) is 11.5 Å². The first-order chi connectivity index (χ1) is 8.49. The minimum atomic E-state index is -0.596. The topological polar surface area (TPSA) is 50.7 Å². The molecule has 0 aliphatic carbocycles. The van der Waals surface area contributed by atoms with Crippen LogP contribution in [0, 0.1) is 0 Å². The van der Waals surface area contributed by atoms with E-state index < -0.39 is 6.10 Å². The van der Waals surface area contributed by atoms with Crippen LogP contribution in [0.15, 0.2) is 16.6 Å². The van der Waals surface area contributed by atoms with Gasteiger partial charge in [0.25, 0.3) is 0 Å². The number of halogens is 1. The highest BCUT2D eigenvalue weighted by Gasteiger charge is 2.16. The summed E-state index contributed by atoms with van der Waals surface area (Å²) in [5.74, 6) is 1.25. The first-order valence-corrected chi connectivity index (χ1v) is 6.61. The summed E-state index contributed by atoms with van der Waals surface area (Å²) in [6.45, 7) is 4.57. The molecule has 0 fully saturated rings. The zero-order valence-electron chi connectivity index (χ0n) is 11.2. The van der Waals surface area contributed by atoms with E-state index in [9.17, 15) is 5.11 Å². The van der Waals surface area contributed by atoms with Crippen LogP contribution in [0.5, 0.6) is 11.5 Å². The Bertz CT molecular complexity index is 396. The van der Waals surface area contributed by atoms with Crippen LogP contribution in [0.4, 0.5) is 0 Å². The summed E-state index contributed by atoms with van der Waals surface area (Å²) in [5, 5.41) is 13.3. The van der Waals surface area contributed by atoms with Crippen molar-refractivity contribution < 1.29 is 14.6 Å². The van der Waals surface area contributed by atoms with Crippen LogP contribution >= 0.6 is 15.9 Å². The van der Waals surface area contributed by atoms with Crippen molar-refractivity contribution in [3.05, 3.63) is 22.2 Å². The van der Waals surface area contributed by atoms with Crippen LogP contribution in [0.3, 0.4) is 0 Å². The van der Waals surface area contributed by atoms with E-state index in [1.165, 1.54) is 0 Å². The molecule has 0 saturated heterocycles. The number of methoxy groups -OCH3 is 2. The Morgan fingerprint density at radius 3 is 2.28 bits per heavy atom. The predicted octanol–water partition coefficient (Wildman–Crippen LogP) is 2.50. The smallest absolute Gasteiger partial charge is 0.161 e. The summed E-state index contributed by atoms with van der Waals surface area (Å²) in [5.41, 5.74) is 0.779. The number of benzene rings is 1. The molecule has 5 heteroatoms. The molecule has 0 saturated carbocycles. The number of hydrogen-bond donors (Lipinski definition) is 2. The second-order valence-corrected chi connectivity index (χ2v) is 5.16. The lowest BCUT2D eigenvalue weighted by Gasteiger charge is -2.18. The maximum Gasteiger partial charge on any atom is 0.161 e. The Balaban J connectivity index is 2.94. The van der Waals surface area contributed by atoms with Gasteiger partial charge in [0.05, 0.1) is 20.3 Å². The van der Waals surface area contributed by atoms with Gasteiger partial charge < -0.3 is 19.9 Å². The maximum absolute atomic E-state index is 10.1. The molecule has 0 aliphatic rings. The molecule has 102 valence electrons. The maximum atomic E-state index is 10.1. The van der Waals surface area contributed by atoms with Gasteiger partial charge in [-0.05, 0) is 17.7 Å². The van der Waals surface area contributed by atoms with Crippen molar-refractivity contribution >= 4 is 15.9 Å². The third kappa shape index (κ3) is 3.86. The van der Waals surface area contributed by atoms with E-state index in [4.69, 9.17) is 9.47 Å². The fraction of sp³-hybridized carbons (Fsp3) is 0.538. The molecule has 0 bridgehead atoms. The highest BCUT2D eigenvalue weighted by Crippen LogP contribution is 2.35. The number of rotatable bonds is 6. The molecule has 1 unspecified atom stereocenters. The number of ether oxygens (including phenoxy) is 2. The first kappa shape index (κ1) is 15.3. The van der Waals surface area contributed by atoms with Crippen LogP contribution in [-0.4, -0.2) is 31.9 Å². The molecule has 1 aromatic carbocycles. The highest BCUT2D eigenvalue weighted by molar-refractivity contribution is 9.10. The molecule has 1 atom stereocenters. The molecule has 0 radical (unpaired) electrons.